The second-order valence-corrected chi connectivity index (χ2v) is 18.3. The van der Waals surface area contributed by atoms with Gasteiger partial charge in [0.25, 0.3) is 10.1 Å². The fraction of sp³-hybridized carbons (Fsp3) is 0.913. The van der Waals surface area contributed by atoms with E-state index < -0.39 is 71.2 Å². The number of hydrogen-bond donors (Lipinski definition) is 4. The Balaban J connectivity index is 2.41. The Morgan fingerprint density at radius 3 is 1.41 bits per heavy atom. The number of allylic oxidation sites excluding steroid dienone is 2. The zero-order valence-corrected chi connectivity index (χ0v) is 37.9. The summed E-state index contributed by atoms with van der Waals surface area (Å²) in [6.07, 6.45) is 29.7. The van der Waals surface area contributed by atoms with Gasteiger partial charge in [-0.25, -0.2) is 0 Å². The van der Waals surface area contributed by atoms with Gasteiger partial charge in [0.2, 0.25) is 0 Å². The van der Waals surface area contributed by atoms with E-state index in [1.54, 1.807) is 0 Å². The van der Waals surface area contributed by atoms with Crippen LogP contribution in [-0.2, 0) is 38.7 Å². The summed E-state index contributed by atoms with van der Waals surface area (Å²) < 4.78 is 54.1. The van der Waals surface area contributed by atoms with Gasteiger partial charge >= 0.3 is 11.9 Å². The molecule has 4 N–H and O–H groups in total. The van der Waals surface area contributed by atoms with Crippen LogP contribution in [-0.4, -0.2) is 96.0 Å². The van der Waals surface area contributed by atoms with E-state index >= 15 is 0 Å². The predicted molar refractivity (Wildman–Crippen MR) is 234 cm³/mol. The van der Waals surface area contributed by atoms with Crippen LogP contribution in [0.25, 0.3) is 0 Å². The molecule has 1 saturated heterocycles. The second kappa shape index (κ2) is 37.0. The number of carbonyl (C=O) groups is 2. The first kappa shape index (κ1) is 55.4. The molecule has 6 atom stereocenters. The van der Waals surface area contributed by atoms with E-state index in [0.29, 0.717) is 12.8 Å². The number of carbonyl (C=O) groups excluding carboxylic acids is 2. The zero-order valence-electron chi connectivity index (χ0n) is 37.1. The first-order valence-corrected chi connectivity index (χ1v) is 25.4. The minimum atomic E-state index is -4.60. The summed E-state index contributed by atoms with van der Waals surface area (Å²) in [5.74, 6) is -1.98. The summed E-state index contributed by atoms with van der Waals surface area (Å²) in [7, 11) is -4.60. The van der Waals surface area contributed by atoms with Crippen molar-refractivity contribution in [3.05, 3.63) is 12.2 Å². The Kier molecular flexibility index (Phi) is 34.7. The summed E-state index contributed by atoms with van der Waals surface area (Å²) >= 11 is 0. The van der Waals surface area contributed by atoms with Crippen LogP contribution in [0.2, 0.25) is 0 Å². The van der Waals surface area contributed by atoms with Crippen LogP contribution in [0.15, 0.2) is 12.2 Å². The lowest BCUT2D eigenvalue weighted by Crippen LogP contribution is -2.60. The Hall–Kier alpha value is -1.61. The normalized spacial score (nSPS) is 20.3. The van der Waals surface area contributed by atoms with E-state index in [4.69, 9.17) is 18.9 Å². The van der Waals surface area contributed by atoms with E-state index in [-0.39, 0.29) is 19.4 Å². The summed E-state index contributed by atoms with van der Waals surface area (Å²) in [5.41, 5.74) is 0. The van der Waals surface area contributed by atoms with Crippen LogP contribution in [0.5, 0.6) is 0 Å². The van der Waals surface area contributed by atoms with Gasteiger partial charge in [0.05, 0.1) is 6.61 Å². The Bertz CT molecular complexity index is 1150. The minimum absolute atomic E-state index is 0.158. The zero-order chi connectivity index (χ0) is 43.4. The lowest BCUT2D eigenvalue weighted by atomic mass is 10.00. The molecule has 59 heavy (non-hydrogen) atoms. The summed E-state index contributed by atoms with van der Waals surface area (Å²) in [5, 5.41) is 30.9. The van der Waals surface area contributed by atoms with Crippen molar-refractivity contribution in [1.29, 1.82) is 0 Å². The third-order valence-electron chi connectivity index (χ3n) is 11.1. The average Bonchev–Trinajstić information content (AvgIpc) is 3.20. The third-order valence-corrected chi connectivity index (χ3v) is 11.8. The van der Waals surface area contributed by atoms with E-state index in [2.05, 4.69) is 26.0 Å². The molecule has 12 nitrogen and oxygen atoms in total. The Morgan fingerprint density at radius 2 is 0.966 bits per heavy atom. The molecule has 0 spiro atoms. The molecule has 0 aromatic carbocycles. The lowest BCUT2D eigenvalue weighted by Gasteiger charge is -2.40. The summed E-state index contributed by atoms with van der Waals surface area (Å²) in [6, 6.07) is 0. The van der Waals surface area contributed by atoms with Crippen molar-refractivity contribution in [3.8, 4) is 0 Å². The Morgan fingerprint density at radius 1 is 0.559 bits per heavy atom. The van der Waals surface area contributed by atoms with Crippen LogP contribution < -0.4 is 0 Å². The molecule has 1 rings (SSSR count). The average molecular weight is 863 g/mol. The molecule has 1 fully saturated rings. The fourth-order valence-electron chi connectivity index (χ4n) is 7.38. The highest BCUT2D eigenvalue weighted by atomic mass is 32.2. The molecule has 348 valence electrons. The first-order chi connectivity index (χ1) is 28.5. The van der Waals surface area contributed by atoms with Gasteiger partial charge in [-0.15, -0.1) is 0 Å². The molecule has 0 radical (unpaired) electrons. The predicted octanol–water partition coefficient (Wildman–Crippen LogP) is 9.84. The largest absolute Gasteiger partial charge is 0.462 e. The first-order valence-electron chi connectivity index (χ1n) is 23.7. The Labute approximate surface area is 358 Å². The molecule has 0 aromatic heterocycles. The van der Waals surface area contributed by atoms with E-state index in [1.165, 1.54) is 116 Å². The van der Waals surface area contributed by atoms with Gasteiger partial charge in [0.1, 0.15) is 36.8 Å². The monoisotopic (exact) mass is 863 g/mol. The van der Waals surface area contributed by atoms with Crippen LogP contribution in [0.1, 0.15) is 213 Å². The molecule has 1 heterocycles. The third kappa shape index (κ3) is 31.8. The van der Waals surface area contributed by atoms with Crippen molar-refractivity contribution in [1.82, 2.24) is 0 Å². The maximum atomic E-state index is 12.8. The number of aliphatic hydroxyl groups is 3. The van der Waals surface area contributed by atoms with Gasteiger partial charge in [-0.3, -0.25) is 14.1 Å². The molecule has 1 aliphatic heterocycles. The van der Waals surface area contributed by atoms with Crippen LogP contribution in [0.4, 0.5) is 0 Å². The van der Waals surface area contributed by atoms with Crippen molar-refractivity contribution >= 4 is 22.1 Å². The van der Waals surface area contributed by atoms with Gasteiger partial charge in [-0.05, 0) is 38.5 Å². The van der Waals surface area contributed by atoms with Crippen molar-refractivity contribution < 1.29 is 56.8 Å². The van der Waals surface area contributed by atoms with E-state index in [9.17, 15) is 37.9 Å². The van der Waals surface area contributed by atoms with Gasteiger partial charge in [0.15, 0.2) is 12.4 Å². The molecule has 0 aliphatic carbocycles. The van der Waals surface area contributed by atoms with Crippen molar-refractivity contribution in [3.63, 3.8) is 0 Å². The highest BCUT2D eigenvalue weighted by molar-refractivity contribution is 7.85. The highest BCUT2D eigenvalue weighted by Crippen LogP contribution is 2.24. The standard InChI is InChI=1S/C46H86O12S/c1-3-5-7-9-11-13-15-17-19-20-21-23-24-26-28-30-32-34-41(47)55-36-39(37-56-46-45(51)44(50)43(49)40(58-46)38-59(52,53)54)57-42(48)35-33-31-29-27-25-22-18-16-14-12-10-8-6-4-2/h16,18,39-40,43-46,49-51H,3-15,17,19-38H2,1-2H3,(H,52,53,54)/b18-16+/t39-,40-,43-,44?,45?,46+/m1/s1. The van der Waals surface area contributed by atoms with Crippen LogP contribution >= 0.6 is 0 Å². The fourth-order valence-corrected chi connectivity index (χ4v) is 8.07. The SMILES string of the molecule is CCCCCCC/C=C/CCCCCCCC(=O)O[C@H](COC(=O)CCCCCCCCCCCCCCCCCCC)CO[C@H]1O[C@H](CS(=O)(=O)O)[C@@H](O)C(O)C1O. The molecular formula is C46H86O12S. The highest BCUT2D eigenvalue weighted by Gasteiger charge is 2.46. The topological polar surface area (TPSA) is 186 Å². The number of esters is 2. The number of ether oxygens (including phenoxy) is 4. The number of unbranched alkanes of at least 4 members (excludes halogenated alkanes) is 26. The summed E-state index contributed by atoms with van der Waals surface area (Å²) in [4.78, 5) is 25.4. The quantitative estimate of drug-likeness (QED) is 0.0198. The maximum absolute atomic E-state index is 12.8. The molecule has 2 unspecified atom stereocenters. The molecule has 13 heteroatoms. The smallest absolute Gasteiger partial charge is 0.306 e. The minimum Gasteiger partial charge on any atom is -0.462 e. The number of rotatable bonds is 40. The molecular weight excluding hydrogens is 777 g/mol. The summed E-state index contributed by atoms with van der Waals surface area (Å²) in [6.45, 7) is 3.76. The van der Waals surface area contributed by atoms with Gasteiger partial charge < -0.3 is 34.3 Å². The van der Waals surface area contributed by atoms with Gasteiger partial charge in [-0.1, -0.05) is 174 Å². The van der Waals surface area contributed by atoms with Gasteiger partial charge in [0, 0.05) is 12.8 Å². The second-order valence-electron chi connectivity index (χ2n) is 16.8. The van der Waals surface area contributed by atoms with Crippen LogP contribution in [0, 0.1) is 0 Å². The van der Waals surface area contributed by atoms with Gasteiger partial charge in [-0.2, -0.15) is 8.42 Å². The molecule has 0 aromatic rings. The van der Waals surface area contributed by atoms with Crippen molar-refractivity contribution in [2.75, 3.05) is 19.0 Å². The van der Waals surface area contributed by atoms with E-state index in [0.717, 1.165) is 57.8 Å². The number of hydrogen-bond acceptors (Lipinski definition) is 11. The van der Waals surface area contributed by atoms with E-state index in [1.807, 2.05) is 0 Å². The lowest BCUT2D eigenvalue weighted by molar-refractivity contribution is -0.297. The molecule has 0 amide bonds. The molecule has 1 aliphatic rings. The van der Waals surface area contributed by atoms with Crippen LogP contribution in [0.3, 0.4) is 0 Å². The van der Waals surface area contributed by atoms with Crippen molar-refractivity contribution in [2.45, 2.75) is 250 Å². The maximum Gasteiger partial charge on any atom is 0.306 e. The number of aliphatic hydroxyl groups excluding tert-OH is 3. The molecule has 0 saturated carbocycles. The molecule has 0 bridgehead atoms. The van der Waals surface area contributed by atoms with Crippen molar-refractivity contribution in [2.24, 2.45) is 0 Å².